The number of benzene rings is 8. The Bertz CT molecular complexity index is 2460. The Balaban J connectivity index is 1.28. The molecule has 8 aromatic carbocycles. The second-order valence-corrected chi connectivity index (χ2v) is 12.7. The molecule has 1 aromatic heterocycles. The minimum atomic E-state index is 1.23. The maximum absolute atomic E-state index is 2.38. The number of rotatable bonds is 4. The minimum absolute atomic E-state index is 1.23. The number of hydrogen-bond donors (Lipinski definition) is 0. The van der Waals surface area contributed by atoms with Gasteiger partial charge in [-0.1, -0.05) is 158 Å². The monoisotopic (exact) mass is 588 g/mol. The van der Waals surface area contributed by atoms with Gasteiger partial charge in [0.2, 0.25) is 0 Å². The van der Waals surface area contributed by atoms with Crippen LogP contribution in [-0.4, -0.2) is 0 Å². The van der Waals surface area contributed by atoms with Crippen LogP contribution in [0.5, 0.6) is 0 Å². The van der Waals surface area contributed by atoms with Crippen molar-refractivity contribution in [2.75, 3.05) is 0 Å². The molecule has 0 amide bonds. The molecule has 210 valence electrons. The van der Waals surface area contributed by atoms with E-state index in [-0.39, 0.29) is 0 Å². The Morgan fingerprint density at radius 3 is 1.42 bits per heavy atom. The van der Waals surface area contributed by atoms with Crippen molar-refractivity contribution < 1.29 is 0 Å². The fraction of sp³-hybridized carbons (Fsp3) is 0. The minimum Gasteiger partial charge on any atom is -0.135 e. The topological polar surface area (TPSA) is 0 Å². The van der Waals surface area contributed by atoms with Crippen molar-refractivity contribution in [3.05, 3.63) is 170 Å². The zero-order valence-corrected chi connectivity index (χ0v) is 25.4. The highest BCUT2D eigenvalue weighted by Gasteiger charge is 2.19. The van der Waals surface area contributed by atoms with Crippen molar-refractivity contribution in [1.82, 2.24) is 0 Å². The van der Waals surface area contributed by atoms with Crippen molar-refractivity contribution >= 4 is 53.1 Å². The third-order valence-corrected chi connectivity index (χ3v) is 10.2. The van der Waals surface area contributed by atoms with Crippen molar-refractivity contribution in [2.45, 2.75) is 0 Å². The van der Waals surface area contributed by atoms with Crippen LogP contribution in [0, 0.1) is 0 Å². The lowest BCUT2D eigenvalue weighted by atomic mass is 9.83. The first-order valence-electron chi connectivity index (χ1n) is 15.4. The van der Waals surface area contributed by atoms with Crippen LogP contribution in [0.15, 0.2) is 170 Å². The maximum atomic E-state index is 2.38. The average Bonchev–Trinajstić information content (AvgIpc) is 3.49. The molecule has 0 spiro atoms. The fourth-order valence-electron chi connectivity index (χ4n) is 7.04. The summed E-state index contributed by atoms with van der Waals surface area (Å²) >= 11 is 1.88. The van der Waals surface area contributed by atoms with E-state index in [1.54, 1.807) is 0 Å². The zero-order valence-electron chi connectivity index (χ0n) is 24.6. The van der Waals surface area contributed by atoms with Crippen LogP contribution in [0.2, 0.25) is 0 Å². The van der Waals surface area contributed by atoms with Crippen molar-refractivity contribution in [1.29, 1.82) is 0 Å². The highest BCUT2D eigenvalue weighted by molar-refractivity contribution is 7.25. The molecule has 0 radical (unpaired) electrons. The van der Waals surface area contributed by atoms with E-state index < -0.39 is 0 Å². The van der Waals surface area contributed by atoms with E-state index in [2.05, 4.69) is 170 Å². The third kappa shape index (κ3) is 4.28. The van der Waals surface area contributed by atoms with Crippen LogP contribution in [0.3, 0.4) is 0 Å². The lowest BCUT2D eigenvalue weighted by molar-refractivity contribution is 1.61. The number of hydrogen-bond acceptors (Lipinski definition) is 1. The second kappa shape index (κ2) is 10.6. The molecular formula is C44H28S. The summed E-state index contributed by atoms with van der Waals surface area (Å²) in [6.45, 7) is 0. The molecule has 45 heavy (non-hydrogen) atoms. The van der Waals surface area contributed by atoms with Gasteiger partial charge >= 0.3 is 0 Å². The van der Waals surface area contributed by atoms with E-state index in [0.29, 0.717) is 0 Å². The molecular weight excluding hydrogens is 561 g/mol. The zero-order chi connectivity index (χ0) is 29.7. The van der Waals surface area contributed by atoms with Gasteiger partial charge in [-0.2, -0.15) is 0 Å². The Labute approximate surface area is 266 Å². The van der Waals surface area contributed by atoms with Gasteiger partial charge < -0.3 is 0 Å². The molecule has 1 heteroatoms. The van der Waals surface area contributed by atoms with E-state index in [1.807, 2.05) is 11.3 Å². The van der Waals surface area contributed by atoms with Crippen molar-refractivity contribution in [2.24, 2.45) is 0 Å². The molecule has 0 aliphatic carbocycles. The molecule has 0 aliphatic heterocycles. The first-order chi connectivity index (χ1) is 22.3. The van der Waals surface area contributed by atoms with E-state index in [4.69, 9.17) is 0 Å². The summed E-state index contributed by atoms with van der Waals surface area (Å²) in [5.41, 5.74) is 10.0. The second-order valence-electron chi connectivity index (χ2n) is 11.6. The third-order valence-electron chi connectivity index (χ3n) is 9.10. The highest BCUT2D eigenvalue weighted by Crippen LogP contribution is 2.47. The van der Waals surface area contributed by atoms with Gasteiger partial charge in [0.1, 0.15) is 0 Å². The lowest BCUT2D eigenvalue weighted by Crippen LogP contribution is -1.92. The van der Waals surface area contributed by atoms with Gasteiger partial charge in [0.15, 0.2) is 0 Å². The Morgan fingerprint density at radius 1 is 0.267 bits per heavy atom. The Hall–Kier alpha value is -5.50. The van der Waals surface area contributed by atoms with Gasteiger partial charge in [0.05, 0.1) is 0 Å². The molecule has 0 nitrogen and oxygen atoms in total. The fourth-order valence-corrected chi connectivity index (χ4v) is 8.18. The standard InChI is InChI=1S/C44H28S/c1-2-12-29(13-3-1)30-22-24-31(25-23-30)43-37-17-6-8-19-39(37)44(40-20-9-7-18-38(40)43)36-16-5-4-14-33(36)32-26-27-35-34-15-10-11-21-41(34)45-42(35)28-32/h1-28H. The molecule has 0 N–H and O–H groups in total. The summed E-state index contributed by atoms with van der Waals surface area (Å²) in [4.78, 5) is 0. The van der Waals surface area contributed by atoms with E-state index in [9.17, 15) is 0 Å². The number of thiophene rings is 1. The predicted octanol–water partition coefficient (Wildman–Crippen LogP) is 13.0. The molecule has 0 aliphatic rings. The van der Waals surface area contributed by atoms with Gasteiger partial charge in [0.25, 0.3) is 0 Å². The summed E-state index contributed by atoms with van der Waals surface area (Å²) < 4.78 is 2.66. The van der Waals surface area contributed by atoms with Gasteiger partial charge in [-0.3, -0.25) is 0 Å². The van der Waals surface area contributed by atoms with Crippen LogP contribution in [0.25, 0.3) is 86.2 Å². The van der Waals surface area contributed by atoms with E-state index >= 15 is 0 Å². The Morgan fingerprint density at radius 2 is 0.733 bits per heavy atom. The van der Waals surface area contributed by atoms with E-state index in [1.165, 1.54) is 86.2 Å². The lowest BCUT2D eigenvalue weighted by Gasteiger charge is -2.20. The SMILES string of the molecule is c1ccc(-c2ccc(-c3c4ccccc4c(-c4ccccc4-c4ccc5c(c4)sc4ccccc45)c4ccccc34)cc2)cc1. The smallest absolute Gasteiger partial charge is 0.0361 e. The first kappa shape index (κ1) is 25.9. The van der Waals surface area contributed by atoms with Crippen molar-refractivity contribution in [3.63, 3.8) is 0 Å². The van der Waals surface area contributed by atoms with Crippen LogP contribution in [-0.2, 0) is 0 Å². The van der Waals surface area contributed by atoms with Gasteiger partial charge in [-0.15, -0.1) is 11.3 Å². The van der Waals surface area contributed by atoms with Gasteiger partial charge in [0, 0.05) is 20.2 Å². The molecule has 0 saturated heterocycles. The maximum Gasteiger partial charge on any atom is 0.0361 e. The summed E-state index contributed by atoms with van der Waals surface area (Å²) in [6.07, 6.45) is 0. The molecule has 9 aromatic rings. The van der Waals surface area contributed by atoms with Crippen LogP contribution >= 0.6 is 11.3 Å². The van der Waals surface area contributed by atoms with Crippen LogP contribution in [0.1, 0.15) is 0 Å². The Kier molecular flexibility index (Phi) is 6.11. The molecule has 9 rings (SSSR count). The highest BCUT2D eigenvalue weighted by atomic mass is 32.1. The quantitative estimate of drug-likeness (QED) is 0.179. The first-order valence-corrected chi connectivity index (χ1v) is 16.3. The molecule has 0 unspecified atom stereocenters. The van der Waals surface area contributed by atoms with Gasteiger partial charge in [-0.25, -0.2) is 0 Å². The molecule has 0 bridgehead atoms. The summed E-state index contributed by atoms with van der Waals surface area (Å²) in [5.74, 6) is 0. The molecule has 1 heterocycles. The summed E-state index contributed by atoms with van der Waals surface area (Å²) in [6, 6.07) is 62.2. The molecule has 0 atom stereocenters. The summed E-state index contributed by atoms with van der Waals surface area (Å²) in [5, 5.41) is 7.75. The number of fused-ring (bicyclic) bond motifs is 5. The largest absolute Gasteiger partial charge is 0.135 e. The summed E-state index contributed by atoms with van der Waals surface area (Å²) in [7, 11) is 0. The van der Waals surface area contributed by atoms with E-state index in [0.717, 1.165) is 0 Å². The van der Waals surface area contributed by atoms with Gasteiger partial charge in [-0.05, 0) is 78.2 Å². The predicted molar refractivity (Wildman–Crippen MR) is 196 cm³/mol. The normalized spacial score (nSPS) is 11.6. The molecule has 0 fully saturated rings. The van der Waals surface area contributed by atoms with Crippen LogP contribution < -0.4 is 0 Å². The van der Waals surface area contributed by atoms with Crippen molar-refractivity contribution in [3.8, 4) is 44.5 Å². The molecule has 0 saturated carbocycles. The average molecular weight is 589 g/mol. The van der Waals surface area contributed by atoms with Crippen LogP contribution in [0.4, 0.5) is 0 Å².